The summed E-state index contributed by atoms with van der Waals surface area (Å²) in [5.74, 6) is 1.02. The number of nitrogens with zero attached hydrogens (tertiary/aromatic N) is 1. The molecular weight excluding hydrogens is 363 g/mol. The van der Waals surface area contributed by atoms with Gasteiger partial charge in [0, 0.05) is 10.8 Å². The van der Waals surface area contributed by atoms with Gasteiger partial charge in [-0.2, -0.15) is 4.57 Å². The summed E-state index contributed by atoms with van der Waals surface area (Å²) in [5.41, 5.74) is 5.23. The summed E-state index contributed by atoms with van der Waals surface area (Å²) in [6.07, 6.45) is 0. The van der Waals surface area contributed by atoms with Gasteiger partial charge in [-0.15, -0.1) is 0 Å². The lowest BCUT2D eigenvalue weighted by Gasteiger charge is -2.06. The third-order valence-corrected chi connectivity index (χ3v) is 5.77. The molecule has 6 aromatic rings. The van der Waals surface area contributed by atoms with Gasteiger partial charge < -0.3 is 0 Å². The topological polar surface area (TPSA) is 19.7 Å². The Morgan fingerprint density at radius 1 is 0.600 bits per heavy atom. The molecule has 3 heteroatoms. The number of fused-ring (bicyclic) bond motifs is 6. The van der Waals surface area contributed by atoms with E-state index in [2.05, 4.69) is 88.4 Å². The highest BCUT2D eigenvalue weighted by Crippen LogP contribution is 2.35. The molecule has 0 aliphatic rings. The van der Waals surface area contributed by atoms with E-state index in [1.807, 2.05) is 24.3 Å². The molecule has 2 nitrogen and oxygen atoms in total. The summed E-state index contributed by atoms with van der Waals surface area (Å²) in [4.78, 5) is 3.75. The summed E-state index contributed by atoms with van der Waals surface area (Å²) in [6, 6.07) is 35.8. The molecule has 0 atom stereocenters. The van der Waals surface area contributed by atoms with E-state index < -0.39 is 0 Å². The molecule has 0 saturated heterocycles. The second-order valence-electron chi connectivity index (χ2n) is 7.58. The van der Waals surface area contributed by atoms with E-state index >= 15 is 0 Å². The molecule has 0 unspecified atom stereocenters. The summed E-state index contributed by atoms with van der Waals surface area (Å²) < 4.78 is 2.32. The molecule has 1 aromatic heterocycles. The molecule has 0 fully saturated rings. The molecule has 0 spiro atoms. The van der Waals surface area contributed by atoms with E-state index in [4.69, 9.17) is 7.85 Å². The molecule has 30 heavy (non-hydrogen) atoms. The zero-order chi connectivity index (χ0) is 20.1. The zero-order valence-electron chi connectivity index (χ0n) is 16.3. The van der Waals surface area contributed by atoms with Gasteiger partial charge in [-0.3, -0.25) is 0 Å². The van der Waals surface area contributed by atoms with Crippen LogP contribution in [0.1, 0.15) is 0 Å². The maximum absolute atomic E-state index is 6.14. The van der Waals surface area contributed by atoms with Crippen LogP contribution in [0.3, 0.4) is 0 Å². The number of para-hydroxylation sites is 1. The molecule has 138 valence electrons. The van der Waals surface area contributed by atoms with Gasteiger partial charge in [-0.25, -0.2) is 4.98 Å². The number of imidazole rings is 1. The Morgan fingerprint density at radius 2 is 1.23 bits per heavy atom. The van der Waals surface area contributed by atoms with Crippen molar-refractivity contribution in [1.82, 2.24) is 4.98 Å². The lowest BCUT2D eigenvalue weighted by atomic mass is 9.94. The molecule has 0 bridgehead atoms. The maximum atomic E-state index is 6.14. The second-order valence-corrected chi connectivity index (χ2v) is 7.58. The summed E-state index contributed by atoms with van der Waals surface area (Å²) in [7, 11) is 6.14. The van der Waals surface area contributed by atoms with Gasteiger partial charge in [0.1, 0.15) is 13.5 Å². The normalized spacial score (nSPS) is 11.5. The third-order valence-electron chi connectivity index (χ3n) is 5.77. The van der Waals surface area contributed by atoms with Crippen molar-refractivity contribution in [2.75, 3.05) is 0 Å². The van der Waals surface area contributed by atoms with Crippen molar-refractivity contribution in [3.63, 3.8) is 0 Å². The average Bonchev–Trinajstić information content (AvgIpc) is 3.21. The Labute approximate surface area is 175 Å². The second kappa shape index (κ2) is 6.60. The fourth-order valence-electron chi connectivity index (χ4n) is 4.49. The molecule has 0 aliphatic heterocycles. The van der Waals surface area contributed by atoms with Crippen LogP contribution in [-0.2, 0) is 0 Å². The van der Waals surface area contributed by atoms with E-state index in [0.29, 0.717) is 0 Å². The van der Waals surface area contributed by atoms with Crippen LogP contribution < -0.4 is 10.0 Å². The van der Waals surface area contributed by atoms with E-state index in [0.717, 1.165) is 28.1 Å². The predicted octanol–water partition coefficient (Wildman–Crippen LogP) is 5.21. The van der Waals surface area contributed by atoms with Gasteiger partial charge in [-0.05, 0) is 41.1 Å². The van der Waals surface area contributed by atoms with Crippen LogP contribution in [0, 0.1) is 0 Å². The van der Waals surface area contributed by atoms with Crippen molar-refractivity contribution in [2.45, 2.75) is 0 Å². The molecule has 1 N–H and O–H groups in total. The maximum Gasteiger partial charge on any atom is 0.292 e. The van der Waals surface area contributed by atoms with E-state index in [1.165, 1.54) is 27.1 Å². The van der Waals surface area contributed by atoms with Crippen molar-refractivity contribution in [3.8, 4) is 17.1 Å². The van der Waals surface area contributed by atoms with Crippen molar-refractivity contribution in [2.24, 2.45) is 0 Å². The minimum absolute atomic E-state index is 0.750. The van der Waals surface area contributed by atoms with E-state index in [1.54, 1.807) is 0 Å². The number of aromatic amines is 1. The van der Waals surface area contributed by atoms with Crippen molar-refractivity contribution in [1.29, 1.82) is 0 Å². The largest absolute Gasteiger partial charge is 0.292 e. The highest BCUT2D eigenvalue weighted by molar-refractivity contribution is 6.32. The summed E-state index contributed by atoms with van der Waals surface area (Å²) in [5, 5.41) is 4.94. The Kier molecular flexibility index (Phi) is 3.75. The average molecular weight is 381 g/mol. The SMILES string of the molecule is [B]c1cccc(-c2[nH]c3c4ccccc4c4ccccc4c3[n+]2-c2ccccc2)c1. The lowest BCUT2D eigenvalue weighted by molar-refractivity contribution is -0.553. The van der Waals surface area contributed by atoms with Crippen LogP contribution in [0.4, 0.5) is 0 Å². The minimum atomic E-state index is 0.750. The zero-order valence-corrected chi connectivity index (χ0v) is 16.3. The van der Waals surface area contributed by atoms with Crippen LogP contribution in [0.2, 0.25) is 0 Å². The Balaban J connectivity index is 1.88. The third kappa shape index (κ3) is 2.49. The molecule has 0 saturated carbocycles. The van der Waals surface area contributed by atoms with Crippen LogP contribution in [0.5, 0.6) is 0 Å². The minimum Gasteiger partial charge on any atom is -0.236 e. The fraction of sp³-hybridized carbons (Fsp3) is 0. The van der Waals surface area contributed by atoms with Crippen LogP contribution >= 0.6 is 0 Å². The number of rotatable bonds is 2. The number of benzene rings is 5. The number of nitrogens with one attached hydrogen (secondary N) is 1. The molecule has 6 rings (SSSR count). The first-order valence-electron chi connectivity index (χ1n) is 10.1. The summed E-state index contributed by atoms with van der Waals surface area (Å²) >= 11 is 0. The standard InChI is InChI=1S/C27H17BN2/c28-19-10-8-9-18(17-19)27-29-25-23-15-6-4-13-21(23)22-14-5-7-16-24(22)26(25)30(27)20-11-2-1-3-12-20/h1-17H/p+1. The molecule has 2 radical (unpaired) electrons. The Morgan fingerprint density at radius 3 is 1.97 bits per heavy atom. The molecule has 0 aliphatic carbocycles. The first-order valence-corrected chi connectivity index (χ1v) is 10.1. The molecule has 5 aromatic carbocycles. The number of H-pyrrole nitrogens is 1. The number of hydrogen-bond acceptors (Lipinski definition) is 0. The van der Waals surface area contributed by atoms with Gasteiger partial charge in [0.2, 0.25) is 0 Å². The fourth-order valence-corrected chi connectivity index (χ4v) is 4.49. The quantitative estimate of drug-likeness (QED) is 0.241. The highest BCUT2D eigenvalue weighted by Gasteiger charge is 2.26. The smallest absolute Gasteiger partial charge is 0.236 e. The van der Waals surface area contributed by atoms with Gasteiger partial charge in [0.15, 0.2) is 11.0 Å². The van der Waals surface area contributed by atoms with Crippen molar-refractivity contribution in [3.05, 3.63) is 103 Å². The predicted molar refractivity (Wildman–Crippen MR) is 126 cm³/mol. The monoisotopic (exact) mass is 381 g/mol. The first-order chi connectivity index (χ1) is 14.8. The van der Waals surface area contributed by atoms with Crippen molar-refractivity contribution >= 4 is 45.9 Å². The van der Waals surface area contributed by atoms with Crippen LogP contribution in [0.25, 0.3) is 49.7 Å². The van der Waals surface area contributed by atoms with Gasteiger partial charge in [-0.1, -0.05) is 78.3 Å². The number of hydrogen-bond donors (Lipinski definition) is 1. The van der Waals surface area contributed by atoms with E-state index in [9.17, 15) is 0 Å². The summed E-state index contributed by atoms with van der Waals surface area (Å²) in [6.45, 7) is 0. The Hall–Kier alpha value is -3.85. The number of aromatic nitrogens is 2. The highest BCUT2D eigenvalue weighted by atomic mass is 15.1. The van der Waals surface area contributed by atoms with Crippen LogP contribution in [0.15, 0.2) is 103 Å². The lowest BCUT2D eigenvalue weighted by Crippen LogP contribution is -2.32. The van der Waals surface area contributed by atoms with Gasteiger partial charge >= 0.3 is 0 Å². The molecule has 1 heterocycles. The van der Waals surface area contributed by atoms with Gasteiger partial charge in [0.05, 0.1) is 5.56 Å². The van der Waals surface area contributed by atoms with Gasteiger partial charge in [0.25, 0.3) is 5.82 Å². The molecule has 0 amide bonds. The first kappa shape index (κ1) is 17.1. The van der Waals surface area contributed by atoms with Crippen LogP contribution in [-0.4, -0.2) is 12.8 Å². The van der Waals surface area contributed by atoms with E-state index in [-0.39, 0.29) is 0 Å². The molecular formula is C27H18BN2+. The Bertz CT molecular complexity index is 1550. The van der Waals surface area contributed by atoms with Crippen molar-refractivity contribution < 1.29 is 4.57 Å².